The van der Waals surface area contributed by atoms with Crippen LogP contribution in [0.5, 0.6) is 0 Å². The molecule has 0 saturated heterocycles. The summed E-state index contributed by atoms with van der Waals surface area (Å²) in [5.74, 6) is -0.448. The molecule has 0 atom stereocenters. The van der Waals surface area contributed by atoms with Crippen molar-refractivity contribution >= 4 is 33.8 Å². The number of thiazole rings is 1. The molecule has 25 heavy (non-hydrogen) atoms. The smallest absolute Gasteiger partial charge is 0.273 e. The molecule has 130 valence electrons. The van der Waals surface area contributed by atoms with Gasteiger partial charge >= 0.3 is 0 Å². The van der Waals surface area contributed by atoms with E-state index in [9.17, 15) is 19.7 Å². The number of fused-ring (bicyclic) bond motifs is 1. The summed E-state index contributed by atoms with van der Waals surface area (Å²) in [5, 5.41) is 14.0. The number of rotatable bonds is 3. The zero-order chi connectivity index (χ0) is 18.4. The molecule has 1 aliphatic rings. The van der Waals surface area contributed by atoms with E-state index in [1.807, 2.05) is 13.8 Å². The molecule has 1 aromatic carbocycles. The molecule has 8 heteroatoms. The first kappa shape index (κ1) is 17.2. The number of hydrogen-bond donors (Lipinski definition) is 1. The van der Waals surface area contributed by atoms with Crippen LogP contribution in [0.2, 0.25) is 0 Å². The molecule has 2 aromatic rings. The first-order chi connectivity index (χ1) is 11.7. The minimum absolute atomic E-state index is 0.0372. The zero-order valence-electron chi connectivity index (χ0n) is 14.1. The van der Waals surface area contributed by atoms with Crippen molar-refractivity contribution in [2.24, 2.45) is 5.41 Å². The quantitative estimate of drug-likeness (QED) is 0.664. The first-order valence-electron chi connectivity index (χ1n) is 7.75. The lowest BCUT2D eigenvalue weighted by molar-refractivity contribution is -0.385. The third kappa shape index (κ3) is 3.43. The molecule has 1 aliphatic carbocycles. The van der Waals surface area contributed by atoms with Gasteiger partial charge in [0.15, 0.2) is 10.9 Å². The Balaban J connectivity index is 1.84. The van der Waals surface area contributed by atoms with Crippen LogP contribution in [0, 0.1) is 22.5 Å². The average molecular weight is 359 g/mol. The highest BCUT2D eigenvalue weighted by Crippen LogP contribution is 2.38. The van der Waals surface area contributed by atoms with Gasteiger partial charge < -0.3 is 0 Å². The minimum atomic E-state index is -0.519. The van der Waals surface area contributed by atoms with Gasteiger partial charge in [0.25, 0.3) is 11.6 Å². The molecular formula is C17H17N3O4S. The van der Waals surface area contributed by atoms with E-state index in [4.69, 9.17) is 0 Å². The maximum atomic E-state index is 12.4. The number of nitro groups is 1. The second kappa shape index (κ2) is 6.03. The highest BCUT2D eigenvalue weighted by atomic mass is 32.1. The Hall–Kier alpha value is -2.61. The van der Waals surface area contributed by atoms with Gasteiger partial charge in [-0.3, -0.25) is 25.0 Å². The Morgan fingerprint density at radius 3 is 2.76 bits per heavy atom. The number of carbonyl (C=O) groups is 2. The predicted molar refractivity (Wildman–Crippen MR) is 94.3 cm³/mol. The van der Waals surface area contributed by atoms with E-state index in [0.717, 1.165) is 11.3 Å². The van der Waals surface area contributed by atoms with Crippen LogP contribution in [-0.2, 0) is 6.42 Å². The average Bonchev–Trinajstić information content (AvgIpc) is 2.88. The van der Waals surface area contributed by atoms with Crippen LogP contribution in [0.1, 0.15) is 51.6 Å². The molecule has 0 radical (unpaired) electrons. The van der Waals surface area contributed by atoms with Gasteiger partial charge in [0, 0.05) is 23.6 Å². The van der Waals surface area contributed by atoms with Gasteiger partial charge in [0.1, 0.15) is 0 Å². The number of anilines is 1. The number of aryl methyl sites for hydroxylation is 1. The number of nitrogens with one attached hydrogen (secondary N) is 1. The zero-order valence-corrected chi connectivity index (χ0v) is 14.9. The number of benzene rings is 1. The molecule has 0 spiro atoms. The van der Waals surface area contributed by atoms with Gasteiger partial charge in [0.2, 0.25) is 0 Å². The maximum Gasteiger partial charge on any atom is 0.273 e. The third-order valence-electron chi connectivity index (χ3n) is 4.12. The number of nitro benzene ring substituents is 1. The van der Waals surface area contributed by atoms with Crippen molar-refractivity contribution in [3.63, 3.8) is 0 Å². The molecule has 0 fully saturated rings. The maximum absolute atomic E-state index is 12.4. The topological polar surface area (TPSA) is 102 Å². The molecule has 1 N–H and O–H groups in total. The normalized spacial score (nSPS) is 15.6. The van der Waals surface area contributed by atoms with Crippen LogP contribution < -0.4 is 5.32 Å². The number of aromatic nitrogens is 1. The predicted octanol–water partition coefficient (Wildman–Crippen LogP) is 3.77. The summed E-state index contributed by atoms with van der Waals surface area (Å²) in [6, 6.07) is 4.30. The monoisotopic (exact) mass is 359 g/mol. The fraction of sp³-hybridized carbons (Fsp3) is 0.353. The summed E-state index contributed by atoms with van der Waals surface area (Å²) >= 11 is 1.15. The molecule has 1 heterocycles. The van der Waals surface area contributed by atoms with Gasteiger partial charge in [-0.1, -0.05) is 31.3 Å². The van der Waals surface area contributed by atoms with Gasteiger partial charge in [-0.2, -0.15) is 0 Å². The number of ketones is 1. The molecule has 0 saturated carbocycles. The van der Waals surface area contributed by atoms with Gasteiger partial charge in [-0.15, -0.1) is 0 Å². The van der Waals surface area contributed by atoms with Crippen LogP contribution in [0.4, 0.5) is 10.8 Å². The van der Waals surface area contributed by atoms with Crippen molar-refractivity contribution in [1.29, 1.82) is 0 Å². The van der Waals surface area contributed by atoms with Crippen LogP contribution in [0.25, 0.3) is 0 Å². The summed E-state index contributed by atoms with van der Waals surface area (Å²) < 4.78 is 0. The Morgan fingerprint density at radius 2 is 2.08 bits per heavy atom. The lowest BCUT2D eigenvalue weighted by Gasteiger charge is -2.26. The third-order valence-corrected chi connectivity index (χ3v) is 5.18. The molecule has 1 amide bonds. The Kier molecular flexibility index (Phi) is 4.16. The molecule has 7 nitrogen and oxygen atoms in total. The van der Waals surface area contributed by atoms with E-state index in [0.29, 0.717) is 34.1 Å². The minimum Gasteiger partial charge on any atom is -0.298 e. The van der Waals surface area contributed by atoms with E-state index in [-0.39, 0.29) is 22.4 Å². The number of carbonyl (C=O) groups excluding carboxylic acids is 2. The summed E-state index contributed by atoms with van der Waals surface area (Å²) in [6.45, 7) is 5.63. The molecule has 0 unspecified atom stereocenters. The van der Waals surface area contributed by atoms with E-state index < -0.39 is 10.8 Å². The Labute approximate surface area is 148 Å². The highest BCUT2D eigenvalue weighted by molar-refractivity contribution is 7.17. The van der Waals surface area contributed by atoms with Crippen LogP contribution >= 0.6 is 11.3 Å². The number of amides is 1. The lowest BCUT2D eigenvalue weighted by Crippen LogP contribution is -2.26. The van der Waals surface area contributed by atoms with Crippen LogP contribution in [-0.4, -0.2) is 21.6 Å². The van der Waals surface area contributed by atoms with Crippen molar-refractivity contribution in [2.75, 3.05) is 5.32 Å². The summed E-state index contributed by atoms with van der Waals surface area (Å²) in [7, 11) is 0. The first-order valence-corrected chi connectivity index (χ1v) is 8.57. The van der Waals surface area contributed by atoms with Crippen molar-refractivity contribution < 1.29 is 14.5 Å². The van der Waals surface area contributed by atoms with Gasteiger partial charge in [0.05, 0.1) is 15.5 Å². The van der Waals surface area contributed by atoms with E-state index in [1.54, 1.807) is 6.92 Å². The van der Waals surface area contributed by atoms with Crippen molar-refractivity contribution in [3.8, 4) is 0 Å². The summed E-state index contributed by atoms with van der Waals surface area (Å²) in [6.07, 6.45) is 1.14. The summed E-state index contributed by atoms with van der Waals surface area (Å²) in [4.78, 5) is 40.0. The molecule has 0 aliphatic heterocycles. The largest absolute Gasteiger partial charge is 0.298 e. The van der Waals surface area contributed by atoms with E-state index in [2.05, 4.69) is 10.3 Å². The number of hydrogen-bond acceptors (Lipinski definition) is 6. The summed E-state index contributed by atoms with van der Waals surface area (Å²) in [5.41, 5.74) is 1.12. The number of Topliss-reactive ketones (excluding diaryl/α,β-unsaturated/α-hetero) is 1. The van der Waals surface area contributed by atoms with E-state index in [1.165, 1.54) is 18.2 Å². The Morgan fingerprint density at radius 1 is 1.36 bits per heavy atom. The van der Waals surface area contributed by atoms with Crippen molar-refractivity contribution in [1.82, 2.24) is 4.98 Å². The fourth-order valence-corrected chi connectivity index (χ4v) is 3.80. The van der Waals surface area contributed by atoms with Crippen molar-refractivity contribution in [2.45, 2.75) is 33.6 Å². The lowest BCUT2D eigenvalue weighted by atomic mass is 9.78. The fourth-order valence-electron chi connectivity index (χ4n) is 2.89. The molecular weight excluding hydrogens is 342 g/mol. The van der Waals surface area contributed by atoms with Crippen molar-refractivity contribution in [3.05, 3.63) is 50.0 Å². The second-order valence-corrected chi connectivity index (χ2v) is 7.95. The number of nitrogens with zero attached hydrogens (tertiary/aromatic N) is 2. The SMILES string of the molecule is Cc1ccc(C(=O)Nc2nc3c(s2)C(=O)CC(C)(C)C3)cc1[N+](=O)[O-]. The van der Waals surface area contributed by atoms with Crippen LogP contribution in [0.3, 0.4) is 0 Å². The van der Waals surface area contributed by atoms with Gasteiger partial charge in [-0.25, -0.2) is 4.98 Å². The highest BCUT2D eigenvalue weighted by Gasteiger charge is 2.34. The molecule has 1 aromatic heterocycles. The second-order valence-electron chi connectivity index (χ2n) is 6.95. The van der Waals surface area contributed by atoms with E-state index >= 15 is 0 Å². The molecule has 0 bridgehead atoms. The van der Waals surface area contributed by atoms with Crippen LogP contribution in [0.15, 0.2) is 18.2 Å². The molecule has 3 rings (SSSR count). The Bertz CT molecular complexity index is 901. The standard InChI is InChI=1S/C17H17N3O4S/c1-9-4-5-10(6-12(9)20(23)24)15(22)19-16-18-11-7-17(2,3)8-13(21)14(11)25-16/h4-6H,7-8H2,1-3H3,(H,18,19,22). The van der Waals surface area contributed by atoms with Gasteiger partial charge in [-0.05, 0) is 24.8 Å².